The van der Waals surface area contributed by atoms with E-state index in [1.165, 1.54) is 5.56 Å². The zero-order chi connectivity index (χ0) is 15.1. The number of amides is 2. The molecule has 1 aromatic rings. The molecule has 1 rings (SSSR count). The fourth-order valence-corrected chi connectivity index (χ4v) is 2.26. The standard InChI is InChI=1S/C16H26N2O2/c1-12(2)18(13(3)4)16(19)17-11-10-14-6-8-15(20-5)9-7-14/h6-9,12-13H,10-11H2,1-5H3,(H,17,19). The van der Waals surface area contributed by atoms with E-state index < -0.39 is 0 Å². The van der Waals surface area contributed by atoms with E-state index in [9.17, 15) is 4.79 Å². The summed E-state index contributed by atoms with van der Waals surface area (Å²) in [6, 6.07) is 8.33. The second-order valence-corrected chi connectivity index (χ2v) is 5.42. The van der Waals surface area contributed by atoms with Crippen molar-refractivity contribution in [1.29, 1.82) is 0 Å². The summed E-state index contributed by atoms with van der Waals surface area (Å²) in [6.07, 6.45) is 0.819. The van der Waals surface area contributed by atoms with E-state index in [0.29, 0.717) is 6.54 Å². The number of benzene rings is 1. The van der Waals surface area contributed by atoms with Gasteiger partial charge in [-0.1, -0.05) is 12.1 Å². The van der Waals surface area contributed by atoms with E-state index in [1.54, 1.807) is 7.11 Å². The van der Waals surface area contributed by atoms with Gasteiger partial charge >= 0.3 is 6.03 Å². The first kappa shape index (κ1) is 16.3. The Hall–Kier alpha value is -1.71. The van der Waals surface area contributed by atoms with Crippen LogP contribution in [-0.4, -0.2) is 36.7 Å². The molecule has 4 nitrogen and oxygen atoms in total. The lowest BCUT2D eigenvalue weighted by molar-refractivity contribution is 0.165. The molecule has 1 N–H and O–H groups in total. The van der Waals surface area contributed by atoms with Crippen LogP contribution in [0.4, 0.5) is 4.79 Å². The number of carbonyl (C=O) groups is 1. The Morgan fingerprint density at radius 1 is 1.15 bits per heavy atom. The molecule has 0 aliphatic rings. The number of hydrogen-bond donors (Lipinski definition) is 1. The van der Waals surface area contributed by atoms with Gasteiger partial charge in [0.05, 0.1) is 7.11 Å². The molecule has 0 atom stereocenters. The number of urea groups is 1. The molecule has 0 aliphatic heterocycles. The largest absolute Gasteiger partial charge is 0.497 e. The van der Waals surface area contributed by atoms with Crippen LogP contribution in [0.1, 0.15) is 33.3 Å². The molecule has 0 spiro atoms. The molecule has 2 amide bonds. The van der Waals surface area contributed by atoms with Gasteiger partial charge in [-0.05, 0) is 51.8 Å². The van der Waals surface area contributed by atoms with Crippen LogP contribution in [0.2, 0.25) is 0 Å². The molecule has 0 saturated heterocycles. The normalized spacial score (nSPS) is 10.8. The van der Waals surface area contributed by atoms with Crippen molar-refractivity contribution in [3.05, 3.63) is 29.8 Å². The molecule has 0 bridgehead atoms. The van der Waals surface area contributed by atoms with Crippen LogP contribution in [0.25, 0.3) is 0 Å². The van der Waals surface area contributed by atoms with Crippen LogP contribution in [0, 0.1) is 0 Å². The molecule has 4 heteroatoms. The average Bonchev–Trinajstić information content (AvgIpc) is 2.38. The summed E-state index contributed by atoms with van der Waals surface area (Å²) in [5.41, 5.74) is 1.19. The first-order valence-electron chi connectivity index (χ1n) is 7.14. The number of methoxy groups -OCH3 is 1. The van der Waals surface area contributed by atoms with Crippen LogP contribution in [0.15, 0.2) is 24.3 Å². The van der Waals surface area contributed by atoms with Gasteiger partial charge in [0.15, 0.2) is 0 Å². The summed E-state index contributed by atoms with van der Waals surface area (Å²) in [5.74, 6) is 0.851. The molecule has 1 aromatic carbocycles. The molecule has 0 aromatic heterocycles. The molecule has 0 unspecified atom stereocenters. The Balaban J connectivity index is 2.44. The lowest BCUT2D eigenvalue weighted by atomic mass is 10.1. The van der Waals surface area contributed by atoms with Gasteiger partial charge in [-0.2, -0.15) is 0 Å². The van der Waals surface area contributed by atoms with Gasteiger partial charge in [-0.3, -0.25) is 0 Å². The van der Waals surface area contributed by atoms with Gasteiger partial charge in [0, 0.05) is 18.6 Å². The number of hydrogen-bond acceptors (Lipinski definition) is 2. The maximum absolute atomic E-state index is 12.1. The van der Waals surface area contributed by atoms with Crippen molar-refractivity contribution < 1.29 is 9.53 Å². The smallest absolute Gasteiger partial charge is 0.317 e. The topological polar surface area (TPSA) is 41.6 Å². The molecule has 0 fully saturated rings. The van der Waals surface area contributed by atoms with Gasteiger partial charge in [-0.15, -0.1) is 0 Å². The van der Waals surface area contributed by atoms with Crippen molar-refractivity contribution in [2.45, 2.75) is 46.2 Å². The van der Waals surface area contributed by atoms with Gasteiger partial charge in [0.25, 0.3) is 0 Å². The Kier molecular flexibility index (Phi) is 6.36. The maximum Gasteiger partial charge on any atom is 0.317 e. The van der Waals surface area contributed by atoms with Crippen molar-refractivity contribution in [3.8, 4) is 5.75 Å². The monoisotopic (exact) mass is 278 g/mol. The third-order valence-electron chi connectivity index (χ3n) is 3.20. The molecule has 0 radical (unpaired) electrons. The van der Waals surface area contributed by atoms with E-state index in [0.717, 1.165) is 12.2 Å². The maximum atomic E-state index is 12.1. The molecule has 0 heterocycles. The zero-order valence-corrected chi connectivity index (χ0v) is 13.1. The summed E-state index contributed by atoms with van der Waals surface area (Å²) in [5, 5.41) is 2.98. The summed E-state index contributed by atoms with van der Waals surface area (Å²) < 4.78 is 5.12. The molecule has 20 heavy (non-hydrogen) atoms. The SMILES string of the molecule is COc1ccc(CCNC(=O)N(C(C)C)C(C)C)cc1. The molecular formula is C16H26N2O2. The quantitative estimate of drug-likeness (QED) is 0.869. The number of carbonyl (C=O) groups excluding carboxylic acids is 1. The number of nitrogens with zero attached hydrogens (tertiary/aromatic N) is 1. The number of ether oxygens (including phenoxy) is 1. The second kappa shape index (κ2) is 7.78. The Labute approximate surface area is 122 Å². The average molecular weight is 278 g/mol. The fourth-order valence-electron chi connectivity index (χ4n) is 2.26. The van der Waals surface area contributed by atoms with Crippen LogP contribution >= 0.6 is 0 Å². The molecule has 112 valence electrons. The lowest BCUT2D eigenvalue weighted by Crippen LogP contribution is -2.48. The van der Waals surface area contributed by atoms with E-state index in [2.05, 4.69) is 5.32 Å². The molecule has 0 aliphatic carbocycles. The van der Waals surface area contributed by atoms with Crippen LogP contribution < -0.4 is 10.1 Å². The summed E-state index contributed by atoms with van der Waals surface area (Å²) in [6.45, 7) is 8.76. The number of rotatable bonds is 6. The highest BCUT2D eigenvalue weighted by Gasteiger charge is 2.19. The van der Waals surface area contributed by atoms with Crippen LogP contribution in [-0.2, 0) is 6.42 Å². The minimum atomic E-state index is 0.00325. The zero-order valence-electron chi connectivity index (χ0n) is 13.1. The van der Waals surface area contributed by atoms with E-state index in [-0.39, 0.29) is 18.1 Å². The first-order valence-corrected chi connectivity index (χ1v) is 7.14. The summed E-state index contributed by atoms with van der Waals surface area (Å²) in [7, 11) is 1.65. The Morgan fingerprint density at radius 3 is 2.15 bits per heavy atom. The van der Waals surface area contributed by atoms with Crippen molar-refractivity contribution in [2.24, 2.45) is 0 Å². The Bertz CT molecular complexity index is 405. The van der Waals surface area contributed by atoms with Gasteiger partial charge in [-0.25, -0.2) is 4.79 Å². The molecule has 0 saturated carbocycles. The molecular weight excluding hydrogens is 252 g/mol. The van der Waals surface area contributed by atoms with E-state index in [4.69, 9.17) is 4.74 Å². The third-order valence-corrected chi connectivity index (χ3v) is 3.20. The fraction of sp³-hybridized carbons (Fsp3) is 0.562. The predicted octanol–water partition coefficient (Wildman–Crippen LogP) is 3.07. The summed E-state index contributed by atoms with van der Waals surface area (Å²) >= 11 is 0. The first-order chi connectivity index (χ1) is 9.45. The highest BCUT2D eigenvalue weighted by Crippen LogP contribution is 2.11. The Morgan fingerprint density at radius 2 is 1.70 bits per heavy atom. The van der Waals surface area contributed by atoms with Crippen molar-refractivity contribution in [2.75, 3.05) is 13.7 Å². The highest BCUT2D eigenvalue weighted by atomic mass is 16.5. The van der Waals surface area contributed by atoms with Crippen LogP contribution in [0.3, 0.4) is 0 Å². The van der Waals surface area contributed by atoms with Gasteiger partial charge in [0.2, 0.25) is 0 Å². The van der Waals surface area contributed by atoms with Gasteiger partial charge < -0.3 is 15.0 Å². The predicted molar refractivity (Wildman–Crippen MR) is 82.2 cm³/mol. The van der Waals surface area contributed by atoms with Gasteiger partial charge in [0.1, 0.15) is 5.75 Å². The minimum absolute atomic E-state index is 0.00325. The lowest BCUT2D eigenvalue weighted by Gasteiger charge is -2.30. The second-order valence-electron chi connectivity index (χ2n) is 5.42. The van der Waals surface area contributed by atoms with Crippen molar-refractivity contribution in [1.82, 2.24) is 10.2 Å². The van der Waals surface area contributed by atoms with Crippen LogP contribution in [0.5, 0.6) is 5.75 Å². The van der Waals surface area contributed by atoms with E-state index >= 15 is 0 Å². The third kappa shape index (κ3) is 4.76. The number of nitrogens with one attached hydrogen (secondary N) is 1. The van der Waals surface area contributed by atoms with E-state index in [1.807, 2.05) is 56.9 Å². The highest BCUT2D eigenvalue weighted by molar-refractivity contribution is 5.74. The summed E-state index contributed by atoms with van der Waals surface area (Å²) in [4.78, 5) is 14.0. The minimum Gasteiger partial charge on any atom is -0.497 e. The van der Waals surface area contributed by atoms with Crippen molar-refractivity contribution in [3.63, 3.8) is 0 Å². The van der Waals surface area contributed by atoms with Crippen molar-refractivity contribution >= 4 is 6.03 Å².